The van der Waals surface area contributed by atoms with Crippen molar-refractivity contribution in [1.29, 1.82) is 0 Å². The van der Waals surface area contributed by atoms with Crippen LogP contribution in [-0.4, -0.2) is 5.78 Å². The highest BCUT2D eigenvalue weighted by Crippen LogP contribution is 2.30. The zero-order chi connectivity index (χ0) is 14.3. The number of hydrogen-bond donors (Lipinski definition) is 0. The quantitative estimate of drug-likeness (QED) is 0.571. The van der Waals surface area contributed by atoms with Crippen molar-refractivity contribution >= 4 is 43.8 Å². The minimum absolute atomic E-state index is 0.0688. The molecule has 0 radical (unpaired) electrons. The topological polar surface area (TPSA) is 17.1 Å². The summed E-state index contributed by atoms with van der Waals surface area (Å²) in [6, 6.07) is 11.8. The molecule has 0 saturated carbocycles. The van der Waals surface area contributed by atoms with Gasteiger partial charge < -0.3 is 0 Å². The Kier molecular flexibility index (Phi) is 3.44. The van der Waals surface area contributed by atoms with E-state index in [0.29, 0.717) is 21.9 Å². The molecule has 0 spiro atoms. The Balaban J connectivity index is 2.23. The Morgan fingerprint density at radius 3 is 2.45 bits per heavy atom. The second kappa shape index (κ2) is 5.11. The number of thiophene rings is 1. The number of ketones is 1. The van der Waals surface area contributed by atoms with Gasteiger partial charge in [0.1, 0.15) is 5.82 Å². The Bertz CT molecular complexity index is 822. The summed E-state index contributed by atoms with van der Waals surface area (Å²) in [6.45, 7) is 1.91. The van der Waals surface area contributed by atoms with Crippen molar-refractivity contribution in [3.8, 4) is 0 Å². The first kappa shape index (κ1) is 13.5. The third-order valence-electron chi connectivity index (χ3n) is 3.25. The number of fused-ring (bicyclic) bond motifs is 1. The Morgan fingerprint density at radius 1 is 1.10 bits per heavy atom. The van der Waals surface area contributed by atoms with Gasteiger partial charge in [0.05, 0.1) is 3.79 Å². The molecule has 0 atom stereocenters. The van der Waals surface area contributed by atoms with Crippen molar-refractivity contribution < 1.29 is 9.18 Å². The summed E-state index contributed by atoms with van der Waals surface area (Å²) in [4.78, 5) is 13.6. The lowest BCUT2D eigenvalue weighted by molar-refractivity contribution is 0.104. The molecule has 0 bridgehead atoms. The van der Waals surface area contributed by atoms with Crippen molar-refractivity contribution in [3.05, 3.63) is 68.1 Å². The Labute approximate surface area is 128 Å². The van der Waals surface area contributed by atoms with Gasteiger partial charge in [-0.05, 0) is 46.4 Å². The van der Waals surface area contributed by atoms with Crippen molar-refractivity contribution in [2.75, 3.05) is 0 Å². The molecule has 0 saturated heterocycles. The highest BCUT2D eigenvalue weighted by Gasteiger charge is 2.17. The smallest absolute Gasteiger partial charge is 0.194 e. The predicted octanol–water partition coefficient (Wildman–Crippen LogP) is 5.34. The molecule has 2 aromatic carbocycles. The zero-order valence-electron chi connectivity index (χ0n) is 10.6. The summed E-state index contributed by atoms with van der Waals surface area (Å²) in [6.07, 6.45) is 0. The van der Waals surface area contributed by atoms with Crippen LogP contribution < -0.4 is 0 Å². The third-order valence-corrected chi connectivity index (χ3v) is 4.80. The molecule has 3 aromatic rings. The van der Waals surface area contributed by atoms with Gasteiger partial charge in [-0.15, -0.1) is 11.3 Å². The summed E-state index contributed by atoms with van der Waals surface area (Å²) in [5.74, 6) is -0.374. The largest absolute Gasteiger partial charge is 0.289 e. The highest BCUT2D eigenvalue weighted by molar-refractivity contribution is 9.11. The lowest BCUT2D eigenvalue weighted by atomic mass is 9.97. The van der Waals surface area contributed by atoms with Gasteiger partial charge in [0.2, 0.25) is 0 Å². The van der Waals surface area contributed by atoms with E-state index in [-0.39, 0.29) is 11.6 Å². The molecule has 1 aromatic heterocycles. The van der Waals surface area contributed by atoms with Crippen molar-refractivity contribution in [2.45, 2.75) is 6.92 Å². The number of aryl methyl sites for hydroxylation is 1. The Morgan fingerprint density at radius 2 is 1.80 bits per heavy atom. The van der Waals surface area contributed by atoms with Crippen LogP contribution in [0.25, 0.3) is 10.8 Å². The van der Waals surface area contributed by atoms with Crippen LogP contribution in [0.1, 0.15) is 20.8 Å². The monoisotopic (exact) mass is 348 g/mol. The van der Waals surface area contributed by atoms with Crippen LogP contribution in [-0.2, 0) is 0 Å². The van der Waals surface area contributed by atoms with Crippen LogP contribution in [0, 0.1) is 12.7 Å². The van der Waals surface area contributed by atoms with Crippen molar-refractivity contribution in [3.63, 3.8) is 0 Å². The summed E-state index contributed by atoms with van der Waals surface area (Å²) >= 11 is 4.91. The molecule has 20 heavy (non-hydrogen) atoms. The first-order valence-corrected chi connectivity index (χ1v) is 7.67. The van der Waals surface area contributed by atoms with Crippen LogP contribution in [0.15, 0.2) is 46.3 Å². The molecule has 0 fully saturated rings. The minimum Gasteiger partial charge on any atom is -0.289 e. The average molecular weight is 349 g/mol. The van der Waals surface area contributed by atoms with Gasteiger partial charge in [0.15, 0.2) is 5.78 Å². The summed E-state index contributed by atoms with van der Waals surface area (Å²) in [5.41, 5.74) is 1.20. The zero-order valence-corrected chi connectivity index (χ0v) is 13.0. The molecule has 1 heterocycles. The highest BCUT2D eigenvalue weighted by atomic mass is 79.9. The second-order valence-corrected chi connectivity index (χ2v) is 7.13. The van der Waals surface area contributed by atoms with Crippen molar-refractivity contribution in [1.82, 2.24) is 0 Å². The molecule has 0 amide bonds. The fraction of sp³-hybridized carbons (Fsp3) is 0.0625. The number of carbonyl (C=O) groups excluding carboxylic acids is 1. The van der Waals surface area contributed by atoms with Crippen molar-refractivity contribution in [2.24, 2.45) is 0 Å². The lowest BCUT2D eigenvalue weighted by Crippen LogP contribution is -2.03. The average Bonchev–Trinajstić information content (AvgIpc) is 2.78. The van der Waals surface area contributed by atoms with Crippen LogP contribution >= 0.6 is 27.3 Å². The van der Waals surface area contributed by atoms with E-state index in [9.17, 15) is 9.18 Å². The molecule has 4 heteroatoms. The number of hydrogen-bond acceptors (Lipinski definition) is 2. The maximum Gasteiger partial charge on any atom is 0.194 e. The first-order valence-electron chi connectivity index (χ1n) is 6.06. The van der Waals surface area contributed by atoms with Gasteiger partial charge in [-0.2, -0.15) is 0 Å². The van der Waals surface area contributed by atoms with Gasteiger partial charge in [-0.1, -0.05) is 24.3 Å². The second-order valence-electron chi connectivity index (χ2n) is 4.49. The van der Waals surface area contributed by atoms with E-state index >= 15 is 0 Å². The molecule has 1 nitrogen and oxygen atoms in total. The van der Waals surface area contributed by atoms with E-state index in [4.69, 9.17) is 0 Å². The molecule has 0 unspecified atom stereocenters. The van der Waals surface area contributed by atoms with E-state index < -0.39 is 0 Å². The third kappa shape index (κ3) is 2.19. The van der Waals surface area contributed by atoms with Crippen LogP contribution in [0.5, 0.6) is 0 Å². The fourth-order valence-corrected chi connectivity index (χ4v) is 3.96. The van der Waals surface area contributed by atoms with Gasteiger partial charge in [0.25, 0.3) is 0 Å². The Hall–Kier alpha value is -1.52. The van der Waals surface area contributed by atoms with Crippen LogP contribution in [0.2, 0.25) is 0 Å². The van der Waals surface area contributed by atoms with Gasteiger partial charge in [-0.3, -0.25) is 4.79 Å². The molecular formula is C16H10BrFOS. The van der Waals surface area contributed by atoms with Gasteiger partial charge in [-0.25, -0.2) is 4.39 Å². The molecule has 0 aliphatic carbocycles. The van der Waals surface area contributed by atoms with E-state index in [1.54, 1.807) is 24.3 Å². The van der Waals surface area contributed by atoms with E-state index in [1.165, 1.54) is 17.4 Å². The SMILES string of the molecule is Cc1sc(Br)cc1C(=O)c1ccc(F)c2ccccc12. The van der Waals surface area contributed by atoms with E-state index in [2.05, 4.69) is 15.9 Å². The van der Waals surface area contributed by atoms with Gasteiger partial charge >= 0.3 is 0 Å². The van der Waals surface area contributed by atoms with E-state index in [1.807, 2.05) is 19.1 Å². The summed E-state index contributed by atoms with van der Waals surface area (Å²) < 4.78 is 14.7. The summed E-state index contributed by atoms with van der Waals surface area (Å²) in [5, 5.41) is 1.13. The predicted molar refractivity (Wildman–Crippen MR) is 84.1 cm³/mol. The molecule has 3 rings (SSSR count). The number of halogens is 2. The number of benzene rings is 2. The lowest BCUT2D eigenvalue weighted by Gasteiger charge is -2.06. The molecule has 100 valence electrons. The standard InChI is InChI=1S/C16H10BrFOS/c1-9-13(8-15(17)20-9)16(19)12-6-7-14(18)11-5-3-2-4-10(11)12/h2-8H,1H3. The van der Waals surface area contributed by atoms with E-state index in [0.717, 1.165) is 8.66 Å². The number of rotatable bonds is 2. The maximum absolute atomic E-state index is 13.8. The first-order chi connectivity index (χ1) is 9.58. The summed E-state index contributed by atoms with van der Waals surface area (Å²) in [7, 11) is 0. The maximum atomic E-state index is 13.8. The normalized spacial score (nSPS) is 10.9. The molecule has 0 aliphatic rings. The molecule has 0 aliphatic heterocycles. The van der Waals surface area contributed by atoms with Gasteiger partial charge in [0, 0.05) is 21.4 Å². The number of carbonyl (C=O) groups is 1. The molecular weight excluding hydrogens is 339 g/mol. The molecule has 0 N–H and O–H groups in total. The minimum atomic E-state index is -0.305. The van der Waals surface area contributed by atoms with Crippen LogP contribution in [0.4, 0.5) is 4.39 Å². The fourth-order valence-electron chi connectivity index (χ4n) is 2.28. The van der Waals surface area contributed by atoms with Crippen LogP contribution in [0.3, 0.4) is 0 Å².